The quantitative estimate of drug-likeness (QED) is 0.796. The molecule has 20 heavy (non-hydrogen) atoms. The molecule has 1 N–H and O–H groups in total. The van der Waals surface area contributed by atoms with Crippen LogP contribution in [0.2, 0.25) is 0 Å². The number of benzene rings is 1. The monoisotopic (exact) mass is 279 g/mol. The van der Waals surface area contributed by atoms with E-state index in [1.165, 1.54) is 31.7 Å². The lowest BCUT2D eigenvalue weighted by Crippen LogP contribution is -2.20. The van der Waals surface area contributed by atoms with E-state index in [1.54, 1.807) is 0 Å². The van der Waals surface area contributed by atoms with Gasteiger partial charge in [0.2, 0.25) is 0 Å². The fourth-order valence-corrected chi connectivity index (χ4v) is 2.81. The molecule has 3 heteroatoms. The molecule has 1 aromatic rings. The molecule has 1 aliphatic rings. The van der Waals surface area contributed by atoms with E-state index < -0.39 is 0 Å². The minimum absolute atomic E-state index is 0.0406. The zero-order valence-corrected chi connectivity index (χ0v) is 12.6. The smallest absolute Gasteiger partial charge is 0.131 e. The molecule has 0 spiro atoms. The van der Waals surface area contributed by atoms with E-state index in [0.29, 0.717) is 17.2 Å². The number of ether oxygens (including phenoxy) is 1. The molecule has 1 unspecified atom stereocenters. The van der Waals surface area contributed by atoms with Gasteiger partial charge in [-0.05, 0) is 44.7 Å². The predicted octanol–water partition coefficient (Wildman–Crippen LogP) is 4.46. The highest BCUT2D eigenvalue weighted by atomic mass is 19.1. The van der Waals surface area contributed by atoms with Gasteiger partial charge in [-0.15, -0.1) is 0 Å². The van der Waals surface area contributed by atoms with Crippen LogP contribution in [0.4, 0.5) is 4.39 Å². The van der Waals surface area contributed by atoms with Crippen molar-refractivity contribution in [1.29, 1.82) is 0 Å². The molecule has 2 rings (SSSR count). The fourth-order valence-electron chi connectivity index (χ4n) is 2.81. The summed E-state index contributed by atoms with van der Waals surface area (Å²) in [4.78, 5) is 0. The molecule has 0 aromatic heterocycles. The Balaban J connectivity index is 1.90. The Morgan fingerprint density at radius 1 is 1.35 bits per heavy atom. The second-order valence-electron chi connectivity index (χ2n) is 5.82. The summed E-state index contributed by atoms with van der Waals surface area (Å²) in [6.45, 7) is 5.73. The first-order valence-corrected chi connectivity index (χ1v) is 7.86. The number of halogens is 1. The molecule has 1 atom stereocenters. The van der Waals surface area contributed by atoms with E-state index in [0.717, 1.165) is 19.6 Å². The summed E-state index contributed by atoms with van der Waals surface area (Å²) in [7, 11) is 0. The maximum Gasteiger partial charge on any atom is 0.131 e. The van der Waals surface area contributed by atoms with Crippen LogP contribution in [0.5, 0.6) is 5.75 Å². The minimum Gasteiger partial charge on any atom is -0.493 e. The average molecular weight is 279 g/mol. The van der Waals surface area contributed by atoms with Gasteiger partial charge in [-0.1, -0.05) is 25.8 Å². The van der Waals surface area contributed by atoms with Crippen molar-refractivity contribution in [2.24, 2.45) is 5.92 Å². The third kappa shape index (κ3) is 4.20. The van der Waals surface area contributed by atoms with Crippen molar-refractivity contribution < 1.29 is 9.13 Å². The molecule has 0 saturated heterocycles. The summed E-state index contributed by atoms with van der Waals surface area (Å²) < 4.78 is 19.8. The van der Waals surface area contributed by atoms with E-state index >= 15 is 0 Å². The summed E-state index contributed by atoms with van der Waals surface area (Å²) in [5.41, 5.74) is 0.715. The lowest BCUT2D eigenvalue weighted by atomic mass is 10.1. The molecular weight excluding hydrogens is 253 g/mol. The van der Waals surface area contributed by atoms with E-state index in [4.69, 9.17) is 4.74 Å². The molecule has 0 heterocycles. The van der Waals surface area contributed by atoms with Crippen LogP contribution in [0.1, 0.15) is 57.6 Å². The summed E-state index contributed by atoms with van der Waals surface area (Å²) in [5, 5.41) is 3.30. The van der Waals surface area contributed by atoms with Gasteiger partial charge in [-0.25, -0.2) is 4.39 Å². The molecule has 2 nitrogen and oxygen atoms in total. The summed E-state index contributed by atoms with van der Waals surface area (Å²) in [5.74, 6) is 1.13. The summed E-state index contributed by atoms with van der Waals surface area (Å²) >= 11 is 0. The second kappa shape index (κ2) is 7.63. The summed E-state index contributed by atoms with van der Waals surface area (Å²) in [6.07, 6.45) is 6.16. The lowest BCUT2D eigenvalue weighted by Gasteiger charge is -2.16. The number of nitrogens with one attached hydrogen (secondary N) is 1. The van der Waals surface area contributed by atoms with Gasteiger partial charge < -0.3 is 10.1 Å². The highest BCUT2D eigenvalue weighted by Gasteiger charge is 2.16. The Hall–Kier alpha value is -1.09. The van der Waals surface area contributed by atoms with Crippen molar-refractivity contribution in [1.82, 2.24) is 5.32 Å². The first kappa shape index (κ1) is 15.3. The molecular formula is C17H26FNO. The van der Waals surface area contributed by atoms with E-state index in [2.05, 4.69) is 12.2 Å². The number of hydrogen-bond donors (Lipinski definition) is 1. The SMILES string of the molecule is CCCNC(C)c1ccc(OCC2CCCC2)cc1F. The third-order valence-electron chi connectivity index (χ3n) is 4.10. The van der Waals surface area contributed by atoms with Crippen molar-refractivity contribution in [3.05, 3.63) is 29.6 Å². The Labute approximate surface area is 121 Å². The number of hydrogen-bond acceptors (Lipinski definition) is 2. The highest BCUT2D eigenvalue weighted by molar-refractivity contribution is 5.30. The van der Waals surface area contributed by atoms with Crippen LogP contribution >= 0.6 is 0 Å². The van der Waals surface area contributed by atoms with Gasteiger partial charge in [0.25, 0.3) is 0 Å². The molecule has 0 bridgehead atoms. The van der Waals surface area contributed by atoms with Crippen LogP contribution in [0.15, 0.2) is 18.2 Å². The third-order valence-corrected chi connectivity index (χ3v) is 4.10. The highest BCUT2D eigenvalue weighted by Crippen LogP contribution is 2.27. The molecule has 1 fully saturated rings. The van der Waals surface area contributed by atoms with Crippen LogP contribution in [-0.4, -0.2) is 13.2 Å². The molecule has 0 radical (unpaired) electrons. The molecule has 112 valence electrons. The zero-order chi connectivity index (χ0) is 14.4. The molecule has 0 aliphatic heterocycles. The van der Waals surface area contributed by atoms with Gasteiger partial charge in [0.1, 0.15) is 11.6 Å². The zero-order valence-electron chi connectivity index (χ0n) is 12.6. The van der Waals surface area contributed by atoms with Crippen LogP contribution in [-0.2, 0) is 0 Å². The van der Waals surface area contributed by atoms with Crippen LogP contribution in [0.25, 0.3) is 0 Å². The van der Waals surface area contributed by atoms with Gasteiger partial charge in [-0.2, -0.15) is 0 Å². The first-order chi connectivity index (χ1) is 9.70. The Morgan fingerprint density at radius 3 is 2.75 bits per heavy atom. The van der Waals surface area contributed by atoms with Gasteiger partial charge in [-0.3, -0.25) is 0 Å². The Morgan fingerprint density at radius 2 is 2.10 bits per heavy atom. The van der Waals surface area contributed by atoms with Crippen molar-refractivity contribution in [2.75, 3.05) is 13.2 Å². The first-order valence-electron chi connectivity index (χ1n) is 7.86. The Kier molecular flexibility index (Phi) is 5.84. The van der Waals surface area contributed by atoms with E-state index in [-0.39, 0.29) is 11.9 Å². The second-order valence-corrected chi connectivity index (χ2v) is 5.82. The minimum atomic E-state index is -0.176. The van der Waals surface area contributed by atoms with Gasteiger partial charge in [0.05, 0.1) is 6.61 Å². The van der Waals surface area contributed by atoms with Crippen LogP contribution < -0.4 is 10.1 Å². The van der Waals surface area contributed by atoms with E-state index in [9.17, 15) is 4.39 Å². The number of rotatable bonds is 7. The fraction of sp³-hybridized carbons (Fsp3) is 0.647. The Bertz CT molecular complexity index is 415. The van der Waals surface area contributed by atoms with Crippen molar-refractivity contribution in [2.45, 2.75) is 52.0 Å². The lowest BCUT2D eigenvalue weighted by molar-refractivity contribution is 0.251. The standard InChI is InChI=1S/C17H26FNO/c1-3-10-19-13(2)16-9-8-15(11-17(16)18)20-12-14-6-4-5-7-14/h8-9,11,13-14,19H,3-7,10,12H2,1-2H3. The maximum absolute atomic E-state index is 14.1. The van der Waals surface area contributed by atoms with Crippen LogP contribution in [0.3, 0.4) is 0 Å². The predicted molar refractivity (Wildman–Crippen MR) is 80.6 cm³/mol. The van der Waals surface area contributed by atoms with Gasteiger partial charge >= 0.3 is 0 Å². The molecule has 0 amide bonds. The molecule has 1 aromatic carbocycles. The van der Waals surface area contributed by atoms with Crippen molar-refractivity contribution >= 4 is 0 Å². The molecule has 1 aliphatic carbocycles. The average Bonchev–Trinajstić information content (AvgIpc) is 2.96. The maximum atomic E-state index is 14.1. The normalized spacial score (nSPS) is 17.4. The van der Waals surface area contributed by atoms with Crippen molar-refractivity contribution in [3.63, 3.8) is 0 Å². The largest absolute Gasteiger partial charge is 0.493 e. The summed E-state index contributed by atoms with van der Waals surface area (Å²) in [6, 6.07) is 5.29. The van der Waals surface area contributed by atoms with Gasteiger partial charge in [0.15, 0.2) is 0 Å². The van der Waals surface area contributed by atoms with Crippen LogP contribution in [0, 0.1) is 11.7 Å². The van der Waals surface area contributed by atoms with E-state index in [1.807, 2.05) is 19.1 Å². The topological polar surface area (TPSA) is 21.3 Å². The molecule has 1 saturated carbocycles. The van der Waals surface area contributed by atoms with Gasteiger partial charge in [0, 0.05) is 17.7 Å². The van der Waals surface area contributed by atoms with Crippen molar-refractivity contribution in [3.8, 4) is 5.75 Å².